The van der Waals surface area contributed by atoms with Gasteiger partial charge in [0.15, 0.2) is 5.82 Å². The number of nitrogens with two attached hydrogens (primary N) is 1. The van der Waals surface area contributed by atoms with Gasteiger partial charge in [0.05, 0.1) is 0 Å². The van der Waals surface area contributed by atoms with E-state index in [1.165, 1.54) is 12.4 Å². The van der Waals surface area contributed by atoms with Crippen LogP contribution in [0.5, 0.6) is 5.75 Å². The fourth-order valence-electron chi connectivity index (χ4n) is 1.83. The Labute approximate surface area is 116 Å². The number of nitrogens with zero attached hydrogens (tertiary/aromatic N) is 2. The van der Waals surface area contributed by atoms with Crippen molar-refractivity contribution in [3.8, 4) is 5.75 Å². The first kappa shape index (κ1) is 14.5. The van der Waals surface area contributed by atoms with Gasteiger partial charge in [-0.2, -0.15) is 8.78 Å². The number of hydrogen-bond donors (Lipinski definition) is 1. The van der Waals surface area contributed by atoms with Gasteiger partial charge in [-0.05, 0) is 24.1 Å². The molecular weight excluding hydrogens is 264 g/mol. The van der Waals surface area contributed by atoms with Gasteiger partial charge in [0.1, 0.15) is 12.4 Å². The molecule has 2 rings (SSSR count). The van der Waals surface area contributed by atoms with E-state index < -0.39 is 6.55 Å². The van der Waals surface area contributed by atoms with Crippen molar-refractivity contribution in [1.29, 1.82) is 0 Å². The second-order valence-electron chi connectivity index (χ2n) is 4.40. The lowest BCUT2D eigenvalue weighted by Crippen LogP contribution is -2.09. The Morgan fingerprint density at radius 3 is 2.60 bits per heavy atom. The van der Waals surface area contributed by atoms with Crippen LogP contribution < -0.4 is 10.5 Å². The lowest BCUT2D eigenvalue weighted by atomic mass is 10.1. The predicted octanol–water partition coefficient (Wildman–Crippen LogP) is 3.27. The molecule has 1 aromatic carbocycles. The van der Waals surface area contributed by atoms with Crippen LogP contribution in [-0.4, -0.2) is 9.55 Å². The SMILES string of the molecule is CCC(N)c1ccc(OCc2nccn2C(F)F)cc1. The zero-order chi connectivity index (χ0) is 14.5. The summed E-state index contributed by atoms with van der Waals surface area (Å²) >= 11 is 0. The first-order valence-electron chi connectivity index (χ1n) is 6.40. The van der Waals surface area contributed by atoms with Crippen LogP contribution >= 0.6 is 0 Å². The van der Waals surface area contributed by atoms with E-state index in [1.54, 1.807) is 12.1 Å². The number of halogens is 2. The summed E-state index contributed by atoms with van der Waals surface area (Å²) < 4.78 is 31.5. The van der Waals surface area contributed by atoms with Gasteiger partial charge in [0.25, 0.3) is 0 Å². The molecule has 0 bridgehead atoms. The summed E-state index contributed by atoms with van der Waals surface area (Å²) in [6.07, 6.45) is 3.41. The third kappa shape index (κ3) is 3.33. The second kappa shape index (κ2) is 6.47. The van der Waals surface area contributed by atoms with Crippen molar-refractivity contribution >= 4 is 0 Å². The van der Waals surface area contributed by atoms with Crippen LogP contribution in [0, 0.1) is 0 Å². The molecule has 0 fully saturated rings. The third-order valence-electron chi connectivity index (χ3n) is 3.08. The fourth-order valence-corrected chi connectivity index (χ4v) is 1.83. The van der Waals surface area contributed by atoms with Gasteiger partial charge in [-0.25, -0.2) is 4.98 Å². The largest absolute Gasteiger partial charge is 0.486 e. The molecule has 2 N–H and O–H groups in total. The molecule has 1 aromatic heterocycles. The van der Waals surface area contributed by atoms with Crippen LogP contribution in [0.15, 0.2) is 36.7 Å². The summed E-state index contributed by atoms with van der Waals surface area (Å²) in [6.45, 7) is -0.600. The summed E-state index contributed by atoms with van der Waals surface area (Å²) in [5.41, 5.74) is 6.93. The van der Waals surface area contributed by atoms with E-state index in [0.29, 0.717) is 5.75 Å². The highest BCUT2D eigenvalue weighted by Gasteiger charge is 2.11. The molecule has 0 aliphatic heterocycles. The van der Waals surface area contributed by atoms with Gasteiger partial charge < -0.3 is 10.5 Å². The number of aromatic nitrogens is 2. The molecule has 2 aromatic rings. The number of rotatable bonds is 6. The van der Waals surface area contributed by atoms with Gasteiger partial charge in [0.2, 0.25) is 0 Å². The molecule has 1 unspecified atom stereocenters. The Balaban J connectivity index is 1.99. The highest BCUT2D eigenvalue weighted by atomic mass is 19.3. The smallest absolute Gasteiger partial charge is 0.320 e. The molecule has 0 radical (unpaired) electrons. The summed E-state index contributed by atoms with van der Waals surface area (Å²) in [4.78, 5) is 3.85. The topological polar surface area (TPSA) is 53.1 Å². The van der Waals surface area contributed by atoms with E-state index in [4.69, 9.17) is 10.5 Å². The molecule has 0 saturated heterocycles. The Morgan fingerprint density at radius 2 is 2.00 bits per heavy atom. The summed E-state index contributed by atoms with van der Waals surface area (Å²) in [6, 6.07) is 7.31. The van der Waals surface area contributed by atoms with E-state index in [9.17, 15) is 8.78 Å². The average Bonchev–Trinajstić information content (AvgIpc) is 2.93. The van der Waals surface area contributed by atoms with Gasteiger partial charge in [-0.3, -0.25) is 4.57 Å². The van der Waals surface area contributed by atoms with Gasteiger partial charge in [-0.15, -0.1) is 0 Å². The molecule has 0 aliphatic rings. The van der Waals surface area contributed by atoms with Crippen molar-refractivity contribution in [1.82, 2.24) is 9.55 Å². The predicted molar refractivity (Wildman–Crippen MR) is 71.5 cm³/mol. The van der Waals surface area contributed by atoms with E-state index in [-0.39, 0.29) is 18.5 Å². The van der Waals surface area contributed by atoms with Crippen molar-refractivity contribution in [2.45, 2.75) is 32.5 Å². The normalized spacial score (nSPS) is 12.7. The highest BCUT2D eigenvalue weighted by Crippen LogP contribution is 2.19. The average molecular weight is 281 g/mol. The number of imidazole rings is 1. The Kier molecular flexibility index (Phi) is 4.68. The van der Waals surface area contributed by atoms with E-state index >= 15 is 0 Å². The molecule has 20 heavy (non-hydrogen) atoms. The molecule has 0 aliphatic carbocycles. The molecule has 0 saturated carbocycles. The number of hydrogen-bond acceptors (Lipinski definition) is 3. The van der Waals surface area contributed by atoms with Gasteiger partial charge in [0, 0.05) is 18.4 Å². The quantitative estimate of drug-likeness (QED) is 0.884. The maximum Gasteiger partial charge on any atom is 0.320 e. The van der Waals surface area contributed by atoms with Crippen LogP contribution in [0.4, 0.5) is 8.78 Å². The molecule has 1 heterocycles. The Morgan fingerprint density at radius 1 is 1.30 bits per heavy atom. The van der Waals surface area contributed by atoms with Gasteiger partial charge in [-0.1, -0.05) is 19.1 Å². The Hall–Kier alpha value is -1.95. The minimum Gasteiger partial charge on any atom is -0.486 e. The van der Waals surface area contributed by atoms with Crippen LogP contribution in [-0.2, 0) is 6.61 Å². The third-order valence-corrected chi connectivity index (χ3v) is 3.08. The van der Waals surface area contributed by atoms with Crippen LogP contribution in [0.25, 0.3) is 0 Å². The fraction of sp³-hybridized carbons (Fsp3) is 0.357. The minimum absolute atomic E-state index is 0.00165. The minimum atomic E-state index is -2.61. The number of ether oxygens (including phenoxy) is 1. The molecule has 0 spiro atoms. The molecular formula is C14H17F2N3O. The Bertz CT molecular complexity index is 540. The van der Waals surface area contributed by atoms with Crippen molar-refractivity contribution < 1.29 is 13.5 Å². The van der Waals surface area contributed by atoms with Crippen molar-refractivity contribution in [3.05, 3.63) is 48.0 Å². The van der Waals surface area contributed by atoms with Crippen LogP contribution in [0.3, 0.4) is 0 Å². The monoisotopic (exact) mass is 281 g/mol. The van der Waals surface area contributed by atoms with Crippen molar-refractivity contribution in [3.63, 3.8) is 0 Å². The first-order chi connectivity index (χ1) is 9.61. The van der Waals surface area contributed by atoms with Crippen LogP contribution in [0.1, 0.15) is 37.3 Å². The van der Waals surface area contributed by atoms with Gasteiger partial charge >= 0.3 is 6.55 Å². The maximum absolute atomic E-state index is 12.6. The molecule has 108 valence electrons. The van der Waals surface area contributed by atoms with E-state index in [0.717, 1.165) is 16.6 Å². The second-order valence-corrected chi connectivity index (χ2v) is 4.40. The molecule has 4 nitrogen and oxygen atoms in total. The summed E-state index contributed by atoms with van der Waals surface area (Å²) in [5.74, 6) is 0.787. The van der Waals surface area contributed by atoms with Crippen molar-refractivity contribution in [2.24, 2.45) is 5.73 Å². The van der Waals surface area contributed by atoms with E-state index in [1.807, 2.05) is 19.1 Å². The maximum atomic E-state index is 12.6. The lowest BCUT2D eigenvalue weighted by molar-refractivity contribution is 0.0632. The standard InChI is InChI=1S/C14H17F2N3O/c1-2-12(17)10-3-5-11(6-4-10)20-9-13-18-7-8-19(13)14(15)16/h3-8,12,14H,2,9,17H2,1H3. The molecule has 0 amide bonds. The zero-order valence-electron chi connectivity index (χ0n) is 11.2. The first-order valence-corrected chi connectivity index (χ1v) is 6.40. The number of alkyl halides is 2. The highest BCUT2D eigenvalue weighted by molar-refractivity contribution is 5.29. The molecule has 1 atom stereocenters. The van der Waals surface area contributed by atoms with Crippen molar-refractivity contribution in [2.75, 3.05) is 0 Å². The summed E-state index contributed by atoms with van der Waals surface area (Å²) in [5, 5.41) is 0. The lowest BCUT2D eigenvalue weighted by Gasteiger charge is -2.11. The van der Waals surface area contributed by atoms with Crippen LogP contribution in [0.2, 0.25) is 0 Å². The number of benzene rings is 1. The van der Waals surface area contributed by atoms with E-state index in [2.05, 4.69) is 4.98 Å². The zero-order valence-corrected chi connectivity index (χ0v) is 11.2. The molecule has 6 heteroatoms. The summed E-state index contributed by atoms with van der Waals surface area (Å²) in [7, 11) is 0.